The van der Waals surface area contributed by atoms with Crippen LogP contribution in [0.25, 0.3) is 0 Å². The highest BCUT2D eigenvalue weighted by Crippen LogP contribution is 2.33. The number of anilines is 1. The van der Waals surface area contributed by atoms with E-state index in [1.54, 1.807) is 24.3 Å². The van der Waals surface area contributed by atoms with E-state index in [4.69, 9.17) is 0 Å². The SMILES string of the molecule is CC(C)(C(=O)Nc1ccc(O)cc1)C1CCCNC1. The molecule has 4 heteroatoms. The zero-order valence-electron chi connectivity index (χ0n) is 11.6. The highest BCUT2D eigenvalue weighted by atomic mass is 16.3. The number of rotatable bonds is 3. The third kappa shape index (κ3) is 3.26. The smallest absolute Gasteiger partial charge is 0.230 e. The number of carbonyl (C=O) groups excluding carboxylic acids is 1. The van der Waals surface area contributed by atoms with Gasteiger partial charge in [0.1, 0.15) is 5.75 Å². The summed E-state index contributed by atoms with van der Waals surface area (Å²) in [5, 5.41) is 15.5. The minimum absolute atomic E-state index is 0.0342. The van der Waals surface area contributed by atoms with Crippen molar-refractivity contribution in [1.82, 2.24) is 5.32 Å². The van der Waals surface area contributed by atoms with E-state index in [9.17, 15) is 9.90 Å². The maximum atomic E-state index is 12.4. The van der Waals surface area contributed by atoms with Gasteiger partial charge < -0.3 is 15.7 Å². The molecule has 19 heavy (non-hydrogen) atoms. The molecular weight excluding hydrogens is 240 g/mol. The summed E-state index contributed by atoms with van der Waals surface area (Å²) in [4.78, 5) is 12.4. The van der Waals surface area contributed by atoms with Crippen LogP contribution in [0.5, 0.6) is 5.75 Å². The molecule has 1 fully saturated rings. The summed E-state index contributed by atoms with van der Waals surface area (Å²) in [6.45, 7) is 5.95. The summed E-state index contributed by atoms with van der Waals surface area (Å²) < 4.78 is 0. The van der Waals surface area contributed by atoms with Crippen molar-refractivity contribution in [3.63, 3.8) is 0 Å². The second kappa shape index (κ2) is 5.61. The van der Waals surface area contributed by atoms with Crippen molar-refractivity contribution in [2.24, 2.45) is 11.3 Å². The Bertz CT molecular complexity index is 434. The van der Waals surface area contributed by atoms with E-state index in [1.165, 1.54) is 0 Å². The van der Waals surface area contributed by atoms with Crippen molar-refractivity contribution in [1.29, 1.82) is 0 Å². The number of carbonyl (C=O) groups is 1. The molecule has 1 aromatic carbocycles. The number of amides is 1. The predicted molar refractivity (Wildman–Crippen MR) is 76.1 cm³/mol. The van der Waals surface area contributed by atoms with Crippen LogP contribution < -0.4 is 10.6 Å². The van der Waals surface area contributed by atoms with Crippen molar-refractivity contribution in [2.45, 2.75) is 26.7 Å². The number of aromatic hydroxyl groups is 1. The number of piperidine rings is 1. The van der Waals surface area contributed by atoms with E-state index in [-0.39, 0.29) is 11.7 Å². The lowest BCUT2D eigenvalue weighted by Crippen LogP contribution is -2.44. The largest absolute Gasteiger partial charge is 0.508 e. The van der Waals surface area contributed by atoms with Crippen LogP contribution in [-0.2, 0) is 4.79 Å². The maximum absolute atomic E-state index is 12.4. The molecule has 1 atom stereocenters. The molecule has 0 bridgehead atoms. The fourth-order valence-electron chi connectivity index (χ4n) is 2.49. The molecule has 0 aliphatic carbocycles. The Morgan fingerprint density at radius 1 is 1.37 bits per heavy atom. The lowest BCUT2D eigenvalue weighted by Gasteiger charge is -2.36. The molecule has 1 aliphatic heterocycles. The Labute approximate surface area is 114 Å². The molecule has 0 radical (unpaired) electrons. The van der Waals surface area contributed by atoms with Gasteiger partial charge in [-0.2, -0.15) is 0 Å². The van der Waals surface area contributed by atoms with Gasteiger partial charge in [-0.05, 0) is 56.1 Å². The third-order valence-corrected chi connectivity index (χ3v) is 4.03. The summed E-state index contributed by atoms with van der Waals surface area (Å²) in [6.07, 6.45) is 2.21. The maximum Gasteiger partial charge on any atom is 0.230 e. The topological polar surface area (TPSA) is 61.4 Å². The molecule has 3 N–H and O–H groups in total. The molecule has 0 saturated carbocycles. The average Bonchev–Trinajstić information content (AvgIpc) is 2.42. The molecule has 1 unspecified atom stereocenters. The van der Waals surface area contributed by atoms with Crippen molar-refractivity contribution in [2.75, 3.05) is 18.4 Å². The summed E-state index contributed by atoms with van der Waals surface area (Å²) >= 11 is 0. The highest BCUT2D eigenvalue weighted by Gasteiger charge is 2.37. The van der Waals surface area contributed by atoms with E-state index in [0.29, 0.717) is 5.92 Å². The molecular formula is C15H22N2O2. The van der Waals surface area contributed by atoms with E-state index < -0.39 is 5.41 Å². The highest BCUT2D eigenvalue weighted by molar-refractivity contribution is 5.95. The second-order valence-corrected chi connectivity index (χ2v) is 5.77. The van der Waals surface area contributed by atoms with Crippen LogP contribution in [0.2, 0.25) is 0 Å². The lowest BCUT2D eigenvalue weighted by molar-refractivity contribution is -0.127. The average molecular weight is 262 g/mol. The number of phenolic OH excluding ortho intramolecular Hbond substituents is 1. The van der Waals surface area contributed by atoms with Gasteiger partial charge >= 0.3 is 0 Å². The number of hydrogen-bond donors (Lipinski definition) is 3. The minimum Gasteiger partial charge on any atom is -0.508 e. The number of hydrogen-bond acceptors (Lipinski definition) is 3. The number of nitrogens with one attached hydrogen (secondary N) is 2. The number of benzene rings is 1. The molecule has 1 heterocycles. The molecule has 2 rings (SSSR count). The fraction of sp³-hybridized carbons (Fsp3) is 0.533. The normalized spacial score (nSPS) is 20.0. The van der Waals surface area contributed by atoms with E-state index in [2.05, 4.69) is 10.6 Å². The Hall–Kier alpha value is -1.55. The Morgan fingerprint density at radius 2 is 2.05 bits per heavy atom. The van der Waals surface area contributed by atoms with Gasteiger partial charge in [-0.25, -0.2) is 0 Å². The Balaban J connectivity index is 2.03. The van der Waals surface area contributed by atoms with Crippen molar-refractivity contribution >= 4 is 11.6 Å². The van der Waals surface area contributed by atoms with Crippen molar-refractivity contribution in [3.05, 3.63) is 24.3 Å². The van der Waals surface area contributed by atoms with Gasteiger partial charge in [0, 0.05) is 11.1 Å². The predicted octanol–water partition coefficient (Wildman–Crippen LogP) is 2.36. The van der Waals surface area contributed by atoms with Crippen LogP contribution in [-0.4, -0.2) is 24.1 Å². The van der Waals surface area contributed by atoms with Gasteiger partial charge in [0.25, 0.3) is 0 Å². The third-order valence-electron chi connectivity index (χ3n) is 4.03. The first-order valence-electron chi connectivity index (χ1n) is 6.81. The fourth-order valence-corrected chi connectivity index (χ4v) is 2.49. The van der Waals surface area contributed by atoms with Gasteiger partial charge in [-0.1, -0.05) is 13.8 Å². The molecule has 0 aromatic heterocycles. The van der Waals surface area contributed by atoms with Crippen LogP contribution in [0.4, 0.5) is 5.69 Å². The van der Waals surface area contributed by atoms with Crippen molar-refractivity contribution in [3.8, 4) is 5.75 Å². The lowest BCUT2D eigenvalue weighted by atomic mass is 9.74. The number of phenols is 1. The standard InChI is InChI=1S/C15H22N2O2/c1-15(2,11-4-3-9-16-10-11)14(19)17-12-5-7-13(18)8-6-12/h5-8,11,16,18H,3-4,9-10H2,1-2H3,(H,17,19). The minimum atomic E-state index is -0.398. The quantitative estimate of drug-likeness (QED) is 0.733. The Kier molecular flexibility index (Phi) is 4.10. The molecule has 1 aliphatic rings. The van der Waals surface area contributed by atoms with Crippen LogP contribution in [0.15, 0.2) is 24.3 Å². The van der Waals surface area contributed by atoms with Crippen LogP contribution >= 0.6 is 0 Å². The van der Waals surface area contributed by atoms with E-state index in [1.807, 2.05) is 13.8 Å². The molecule has 4 nitrogen and oxygen atoms in total. The van der Waals surface area contributed by atoms with Crippen molar-refractivity contribution < 1.29 is 9.90 Å². The first-order valence-corrected chi connectivity index (χ1v) is 6.81. The van der Waals surface area contributed by atoms with Crippen LogP contribution in [0, 0.1) is 11.3 Å². The Morgan fingerprint density at radius 3 is 2.63 bits per heavy atom. The summed E-state index contributed by atoms with van der Waals surface area (Å²) in [6, 6.07) is 6.57. The molecule has 104 valence electrons. The summed E-state index contributed by atoms with van der Waals surface area (Å²) in [5.41, 5.74) is 0.324. The first kappa shape index (κ1) is 13.9. The second-order valence-electron chi connectivity index (χ2n) is 5.77. The molecule has 0 spiro atoms. The zero-order valence-corrected chi connectivity index (χ0v) is 11.6. The van der Waals surface area contributed by atoms with Gasteiger partial charge in [-0.15, -0.1) is 0 Å². The van der Waals surface area contributed by atoms with Crippen LogP contribution in [0.1, 0.15) is 26.7 Å². The van der Waals surface area contributed by atoms with E-state index >= 15 is 0 Å². The van der Waals surface area contributed by atoms with Gasteiger partial charge in [0.05, 0.1) is 0 Å². The zero-order chi connectivity index (χ0) is 13.9. The monoisotopic (exact) mass is 262 g/mol. The van der Waals surface area contributed by atoms with Gasteiger partial charge in [0.15, 0.2) is 0 Å². The molecule has 1 saturated heterocycles. The molecule has 1 amide bonds. The summed E-state index contributed by atoms with van der Waals surface area (Å²) in [5.74, 6) is 0.596. The van der Waals surface area contributed by atoms with Gasteiger partial charge in [0.2, 0.25) is 5.91 Å². The van der Waals surface area contributed by atoms with Crippen LogP contribution in [0.3, 0.4) is 0 Å². The van der Waals surface area contributed by atoms with E-state index in [0.717, 1.165) is 31.6 Å². The first-order chi connectivity index (χ1) is 9.00. The summed E-state index contributed by atoms with van der Waals surface area (Å²) in [7, 11) is 0. The molecule has 1 aromatic rings. The van der Waals surface area contributed by atoms with Gasteiger partial charge in [-0.3, -0.25) is 4.79 Å².